The third kappa shape index (κ3) is 3.59. The van der Waals surface area contributed by atoms with Crippen molar-refractivity contribution in [2.45, 2.75) is 18.7 Å². The first-order valence-electron chi connectivity index (χ1n) is 10.7. The standard InChI is InChI=1S/C26H26N2O5/c1-29-18-11-9-16(10-12-18)20-15-21-19-7-5-6-8-22(19)33-26(28(21)27-20)17-13-23(30-2)25(32-4)24(14-17)31-3/h5-14,21,26H,15H2,1-4H3. The van der Waals surface area contributed by atoms with Crippen LogP contribution in [-0.2, 0) is 0 Å². The van der Waals surface area contributed by atoms with Crippen LogP contribution in [0.4, 0.5) is 0 Å². The molecule has 3 aromatic carbocycles. The van der Waals surface area contributed by atoms with Crippen LogP contribution >= 0.6 is 0 Å². The van der Waals surface area contributed by atoms with Crippen molar-refractivity contribution in [3.8, 4) is 28.7 Å². The molecule has 2 heterocycles. The minimum absolute atomic E-state index is 0.0520. The van der Waals surface area contributed by atoms with Gasteiger partial charge >= 0.3 is 0 Å². The van der Waals surface area contributed by atoms with E-state index in [1.54, 1.807) is 28.4 Å². The Bertz CT molecular complexity index is 1170. The maximum Gasteiger partial charge on any atom is 0.214 e. The molecule has 7 nitrogen and oxygen atoms in total. The third-order valence-corrected chi connectivity index (χ3v) is 6.09. The number of benzene rings is 3. The highest BCUT2D eigenvalue weighted by atomic mass is 16.5. The first-order valence-corrected chi connectivity index (χ1v) is 10.7. The van der Waals surface area contributed by atoms with Crippen molar-refractivity contribution in [2.75, 3.05) is 28.4 Å². The highest BCUT2D eigenvalue weighted by molar-refractivity contribution is 6.02. The van der Waals surface area contributed by atoms with Crippen LogP contribution in [-0.4, -0.2) is 39.2 Å². The van der Waals surface area contributed by atoms with Crippen molar-refractivity contribution in [2.24, 2.45) is 5.10 Å². The van der Waals surface area contributed by atoms with Crippen molar-refractivity contribution < 1.29 is 23.7 Å². The van der Waals surface area contributed by atoms with E-state index < -0.39 is 6.23 Å². The van der Waals surface area contributed by atoms with Crippen LogP contribution in [0.3, 0.4) is 0 Å². The first-order chi connectivity index (χ1) is 16.2. The number of nitrogens with zero attached hydrogens (tertiary/aromatic N) is 2. The Morgan fingerprint density at radius 2 is 1.55 bits per heavy atom. The van der Waals surface area contributed by atoms with Gasteiger partial charge in [0.05, 0.1) is 40.2 Å². The summed E-state index contributed by atoms with van der Waals surface area (Å²) >= 11 is 0. The molecule has 0 spiro atoms. The SMILES string of the molecule is COc1ccc(C2=NN3C(C2)c2ccccc2OC3c2cc(OC)c(OC)c(OC)c2)cc1. The summed E-state index contributed by atoms with van der Waals surface area (Å²) in [6.45, 7) is 0. The number of ether oxygens (including phenoxy) is 5. The highest BCUT2D eigenvalue weighted by Crippen LogP contribution is 2.49. The molecule has 5 rings (SSSR count). The molecule has 0 saturated heterocycles. The topological polar surface area (TPSA) is 61.8 Å². The molecule has 0 amide bonds. The van der Waals surface area contributed by atoms with Gasteiger partial charge in [0, 0.05) is 17.5 Å². The molecule has 7 heteroatoms. The minimum Gasteiger partial charge on any atom is -0.497 e. The van der Waals surface area contributed by atoms with E-state index in [1.165, 1.54) is 0 Å². The normalized spacial score (nSPS) is 18.5. The number of hydrazone groups is 1. The lowest BCUT2D eigenvalue weighted by Gasteiger charge is -2.38. The summed E-state index contributed by atoms with van der Waals surface area (Å²) in [4.78, 5) is 0. The van der Waals surface area contributed by atoms with Crippen LogP contribution in [0.5, 0.6) is 28.7 Å². The molecule has 0 radical (unpaired) electrons. The van der Waals surface area contributed by atoms with Gasteiger partial charge < -0.3 is 23.7 Å². The molecule has 0 fully saturated rings. The number of rotatable bonds is 6. The fraction of sp³-hybridized carbons (Fsp3) is 0.269. The van der Waals surface area contributed by atoms with Gasteiger partial charge in [-0.1, -0.05) is 18.2 Å². The van der Waals surface area contributed by atoms with Gasteiger partial charge in [-0.3, -0.25) is 0 Å². The largest absolute Gasteiger partial charge is 0.497 e. The lowest BCUT2D eigenvalue weighted by molar-refractivity contribution is -0.0192. The Hall–Kier alpha value is -3.87. The molecule has 3 aromatic rings. The van der Waals surface area contributed by atoms with Crippen molar-refractivity contribution in [3.05, 3.63) is 77.4 Å². The predicted octanol–water partition coefficient (Wildman–Crippen LogP) is 4.96. The predicted molar refractivity (Wildman–Crippen MR) is 125 cm³/mol. The molecule has 2 aliphatic heterocycles. The third-order valence-electron chi connectivity index (χ3n) is 6.09. The summed E-state index contributed by atoms with van der Waals surface area (Å²) in [6, 6.07) is 20.0. The first kappa shape index (κ1) is 21.0. The summed E-state index contributed by atoms with van der Waals surface area (Å²) in [6.07, 6.45) is 0.322. The maximum atomic E-state index is 6.47. The zero-order valence-electron chi connectivity index (χ0n) is 19.1. The van der Waals surface area contributed by atoms with Gasteiger partial charge in [0.1, 0.15) is 11.5 Å². The van der Waals surface area contributed by atoms with E-state index in [-0.39, 0.29) is 6.04 Å². The van der Waals surface area contributed by atoms with Gasteiger partial charge in [-0.2, -0.15) is 5.10 Å². The zero-order valence-corrected chi connectivity index (χ0v) is 19.1. The van der Waals surface area contributed by atoms with Crippen LogP contribution < -0.4 is 23.7 Å². The van der Waals surface area contributed by atoms with Crippen molar-refractivity contribution in [1.82, 2.24) is 5.01 Å². The molecule has 2 unspecified atom stereocenters. The van der Waals surface area contributed by atoms with Gasteiger partial charge in [0.15, 0.2) is 11.5 Å². The quantitative estimate of drug-likeness (QED) is 0.533. The van der Waals surface area contributed by atoms with Crippen LogP contribution in [0, 0.1) is 0 Å². The molecule has 0 saturated carbocycles. The molecule has 0 aromatic heterocycles. The van der Waals surface area contributed by atoms with E-state index in [4.69, 9.17) is 28.8 Å². The van der Waals surface area contributed by atoms with Gasteiger partial charge in [0.25, 0.3) is 0 Å². The highest BCUT2D eigenvalue weighted by Gasteiger charge is 2.41. The summed E-state index contributed by atoms with van der Waals surface area (Å²) < 4.78 is 28.4. The summed E-state index contributed by atoms with van der Waals surface area (Å²) in [5.41, 5.74) is 4.05. The van der Waals surface area contributed by atoms with Gasteiger partial charge in [0.2, 0.25) is 12.0 Å². The molecule has 0 bridgehead atoms. The van der Waals surface area contributed by atoms with Gasteiger partial charge in [-0.05, 0) is 48.0 Å². The lowest BCUT2D eigenvalue weighted by Crippen LogP contribution is -2.33. The summed E-state index contributed by atoms with van der Waals surface area (Å²) in [7, 11) is 6.47. The molecule has 170 valence electrons. The Balaban J connectivity index is 1.60. The molecule has 0 aliphatic carbocycles. The zero-order chi connectivity index (χ0) is 22.9. The van der Waals surface area contributed by atoms with Crippen LogP contribution in [0.25, 0.3) is 0 Å². The Kier molecular flexibility index (Phi) is 5.46. The Morgan fingerprint density at radius 3 is 2.18 bits per heavy atom. The second-order valence-corrected chi connectivity index (χ2v) is 7.84. The van der Waals surface area contributed by atoms with E-state index in [2.05, 4.69) is 6.07 Å². The molecular weight excluding hydrogens is 420 g/mol. The second-order valence-electron chi connectivity index (χ2n) is 7.84. The molecule has 2 atom stereocenters. The minimum atomic E-state index is -0.450. The van der Waals surface area contributed by atoms with Crippen LogP contribution in [0.15, 0.2) is 65.8 Å². The smallest absolute Gasteiger partial charge is 0.214 e. The van der Waals surface area contributed by atoms with E-state index in [1.807, 2.05) is 59.6 Å². The molecule has 33 heavy (non-hydrogen) atoms. The van der Waals surface area contributed by atoms with E-state index in [0.29, 0.717) is 17.2 Å². The number of methoxy groups -OCH3 is 4. The van der Waals surface area contributed by atoms with Crippen LogP contribution in [0.2, 0.25) is 0 Å². The van der Waals surface area contributed by atoms with E-state index >= 15 is 0 Å². The van der Waals surface area contributed by atoms with E-state index in [0.717, 1.165) is 40.3 Å². The summed E-state index contributed by atoms with van der Waals surface area (Å²) in [5.74, 6) is 3.36. The van der Waals surface area contributed by atoms with Crippen molar-refractivity contribution in [1.29, 1.82) is 0 Å². The van der Waals surface area contributed by atoms with Crippen LogP contribution in [0.1, 0.15) is 35.4 Å². The lowest BCUT2D eigenvalue weighted by atomic mass is 9.96. The number of hydrogen-bond donors (Lipinski definition) is 0. The average Bonchev–Trinajstić information content (AvgIpc) is 3.33. The summed E-state index contributed by atoms with van der Waals surface area (Å²) in [5, 5.41) is 7.05. The molecule has 2 aliphatic rings. The number of hydrogen-bond acceptors (Lipinski definition) is 7. The fourth-order valence-corrected chi connectivity index (χ4v) is 4.46. The maximum absolute atomic E-state index is 6.47. The average molecular weight is 447 g/mol. The fourth-order valence-electron chi connectivity index (χ4n) is 4.46. The van der Waals surface area contributed by atoms with Gasteiger partial charge in [-0.15, -0.1) is 0 Å². The number of para-hydroxylation sites is 1. The van der Waals surface area contributed by atoms with E-state index in [9.17, 15) is 0 Å². The molecular formula is C26H26N2O5. The molecule has 0 N–H and O–H groups in total. The number of fused-ring (bicyclic) bond motifs is 3. The van der Waals surface area contributed by atoms with Gasteiger partial charge in [-0.25, -0.2) is 5.01 Å². The van der Waals surface area contributed by atoms with Crippen molar-refractivity contribution in [3.63, 3.8) is 0 Å². The monoisotopic (exact) mass is 446 g/mol. The second kappa shape index (κ2) is 8.58. The Labute approximate surface area is 193 Å². The van der Waals surface area contributed by atoms with Crippen molar-refractivity contribution >= 4 is 5.71 Å². The Morgan fingerprint density at radius 1 is 0.848 bits per heavy atom.